The van der Waals surface area contributed by atoms with Crippen molar-refractivity contribution in [2.75, 3.05) is 5.32 Å². The largest absolute Gasteiger partial charge is 0.481 e. The predicted octanol–water partition coefficient (Wildman–Crippen LogP) is 2.03. The Morgan fingerprint density at radius 1 is 1.41 bits per heavy atom. The predicted molar refractivity (Wildman–Crippen MR) is 63.5 cm³/mol. The molecule has 0 aromatic heterocycles. The maximum Gasteiger partial charge on any atom is 0.308 e. The molecule has 1 aromatic carbocycles. The Morgan fingerprint density at radius 2 is 2.12 bits per heavy atom. The molecular weight excluding hydrogens is 216 g/mol. The quantitative estimate of drug-likeness (QED) is 0.830. The van der Waals surface area contributed by atoms with Crippen molar-refractivity contribution < 1.29 is 9.90 Å². The van der Waals surface area contributed by atoms with Crippen LogP contribution >= 0.6 is 0 Å². The minimum Gasteiger partial charge on any atom is -0.481 e. The zero-order chi connectivity index (χ0) is 12.3. The number of hydrogen-bond acceptors (Lipinski definition) is 3. The van der Waals surface area contributed by atoms with Crippen molar-refractivity contribution in [1.29, 1.82) is 5.26 Å². The molecule has 0 heterocycles. The number of carboxylic acid groups (broad SMARTS) is 1. The number of anilines is 1. The molecule has 1 saturated carbocycles. The highest BCUT2D eigenvalue weighted by Gasteiger charge is 2.36. The van der Waals surface area contributed by atoms with E-state index in [0.717, 1.165) is 24.1 Å². The molecule has 17 heavy (non-hydrogen) atoms. The van der Waals surface area contributed by atoms with Crippen LogP contribution in [0.1, 0.15) is 18.4 Å². The van der Waals surface area contributed by atoms with Crippen molar-refractivity contribution in [1.82, 2.24) is 0 Å². The number of rotatable bonds is 4. The Morgan fingerprint density at radius 3 is 2.59 bits per heavy atom. The molecule has 0 saturated heterocycles. The Hall–Kier alpha value is -2.02. The summed E-state index contributed by atoms with van der Waals surface area (Å²) in [7, 11) is 0. The smallest absolute Gasteiger partial charge is 0.308 e. The van der Waals surface area contributed by atoms with Crippen molar-refractivity contribution in [2.24, 2.45) is 5.92 Å². The highest BCUT2D eigenvalue weighted by atomic mass is 16.4. The zero-order valence-electron chi connectivity index (χ0n) is 9.39. The van der Waals surface area contributed by atoms with Crippen LogP contribution in [-0.4, -0.2) is 17.1 Å². The van der Waals surface area contributed by atoms with E-state index in [1.165, 1.54) is 0 Å². The molecule has 2 rings (SSSR count). The van der Waals surface area contributed by atoms with Crippen LogP contribution in [-0.2, 0) is 11.2 Å². The molecule has 2 unspecified atom stereocenters. The maximum absolute atomic E-state index is 10.8. The summed E-state index contributed by atoms with van der Waals surface area (Å²) in [6.45, 7) is 0. The third-order valence-corrected chi connectivity index (χ3v) is 3.18. The molecule has 1 aromatic rings. The van der Waals surface area contributed by atoms with E-state index in [1.54, 1.807) is 0 Å². The number of hydrogen-bond donors (Lipinski definition) is 2. The minimum atomic E-state index is -0.727. The van der Waals surface area contributed by atoms with Crippen molar-refractivity contribution in [3.63, 3.8) is 0 Å². The fraction of sp³-hybridized carbons (Fsp3) is 0.385. The van der Waals surface area contributed by atoms with Gasteiger partial charge in [-0.15, -0.1) is 0 Å². The Kier molecular flexibility index (Phi) is 3.29. The lowest BCUT2D eigenvalue weighted by Gasteiger charge is -2.34. The van der Waals surface area contributed by atoms with Gasteiger partial charge in [0.1, 0.15) is 0 Å². The van der Waals surface area contributed by atoms with E-state index in [4.69, 9.17) is 10.4 Å². The number of benzene rings is 1. The molecule has 2 atom stereocenters. The number of carboxylic acids is 1. The molecule has 0 spiro atoms. The molecule has 1 fully saturated rings. The topological polar surface area (TPSA) is 73.1 Å². The zero-order valence-corrected chi connectivity index (χ0v) is 9.39. The molecule has 4 heteroatoms. The van der Waals surface area contributed by atoms with Gasteiger partial charge in [0.05, 0.1) is 18.4 Å². The van der Waals surface area contributed by atoms with Crippen LogP contribution < -0.4 is 5.32 Å². The molecule has 88 valence electrons. The van der Waals surface area contributed by atoms with Gasteiger partial charge in [0.25, 0.3) is 0 Å². The molecule has 0 radical (unpaired) electrons. The molecule has 1 aliphatic carbocycles. The van der Waals surface area contributed by atoms with Crippen LogP contribution in [0.3, 0.4) is 0 Å². The SMILES string of the molecule is N#CCc1ccc(NC2CCC2C(=O)O)cc1. The lowest BCUT2D eigenvalue weighted by molar-refractivity contribution is -0.144. The van der Waals surface area contributed by atoms with Gasteiger partial charge in [0.2, 0.25) is 0 Å². The molecule has 2 N–H and O–H groups in total. The molecule has 0 amide bonds. The van der Waals surface area contributed by atoms with Gasteiger partial charge < -0.3 is 10.4 Å². The number of nitriles is 1. The first-order chi connectivity index (χ1) is 8.20. The summed E-state index contributed by atoms with van der Waals surface area (Å²) in [6.07, 6.45) is 2.05. The van der Waals surface area contributed by atoms with E-state index in [-0.39, 0.29) is 12.0 Å². The van der Waals surface area contributed by atoms with Gasteiger partial charge in [-0.1, -0.05) is 12.1 Å². The molecule has 1 aliphatic rings. The van der Waals surface area contributed by atoms with Crippen LogP contribution in [0.5, 0.6) is 0 Å². The van der Waals surface area contributed by atoms with Crippen LogP contribution in [0.2, 0.25) is 0 Å². The van der Waals surface area contributed by atoms with E-state index in [9.17, 15) is 4.79 Å². The maximum atomic E-state index is 10.8. The molecular formula is C13H14N2O2. The number of aliphatic carboxylic acids is 1. The molecule has 0 aliphatic heterocycles. The Labute approximate surface area is 99.9 Å². The van der Waals surface area contributed by atoms with Gasteiger partial charge in [0.15, 0.2) is 0 Å². The number of carbonyl (C=O) groups is 1. The highest BCUT2D eigenvalue weighted by Crippen LogP contribution is 2.30. The van der Waals surface area contributed by atoms with Crippen LogP contribution in [0.25, 0.3) is 0 Å². The second-order valence-electron chi connectivity index (χ2n) is 4.30. The molecule has 0 bridgehead atoms. The molecule has 4 nitrogen and oxygen atoms in total. The fourth-order valence-corrected chi connectivity index (χ4v) is 1.99. The summed E-state index contributed by atoms with van der Waals surface area (Å²) in [5, 5.41) is 20.7. The summed E-state index contributed by atoms with van der Waals surface area (Å²) in [5.41, 5.74) is 1.89. The van der Waals surface area contributed by atoms with Gasteiger partial charge in [-0.2, -0.15) is 5.26 Å². The Bertz CT molecular complexity index is 447. The van der Waals surface area contributed by atoms with Crippen molar-refractivity contribution >= 4 is 11.7 Å². The fourth-order valence-electron chi connectivity index (χ4n) is 1.99. The second-order valence-corrected chi connectivity index (χ2v) is 4.30. The van der Waals surface area contributed by atoms with Gasteiger partial charge in [-0.3, -0.25) is 4.79 Å². The number of nitrogens with one attached hydrogen (secondary N) is 1. The first-order valence-electron chi connectivity index (χ1n) is 5.66. The van der Waals surface area contributed by atoms with E-state index in [1.807, 2.05) is 24.3 Å². The van der Waals surface area contributed by atoms with E-state index in [2.05, 4.69) is 11.4 Å². The average Bonchev–Trinajstić information content (AvgIpc) is 2.26. The van der Waals surface area contributed by atoms with Gasteiger partial charge in [0, 0.05) is 11.7 Å². The normalized spacial score (nSPS) is 22.3. The summed E-state index contributed by atoms with van der Waals surface area (Å²) >= 11 is 0. The second kappa shape index (κ2) is 4.88. The highest BCUT2D eigenvalue weighted by molar-refractivity contribution is 5.73. The summed E-state index contributed by atoms with van der Waals surface area (Å²) in [5.74, 6) is -0.997. The first-order valence-corrected chi connectivity index (χ1v) is 5.66. The first kappa shape index (κ1) is 11.5. The lowest BCUT2D eigenvalue weighted by atomic mass is 9.79. The van der Waals surface area contributed by atoms with Gasteiger partial charge in [-0.25, -0.2) is 0 Å². The summed E-state index contributed by atoms with van der Waals surface area (Å²) < 4.78 is 0. The van der Waals surface area contributed by atoms with Gasteiger partial charge in [-0.05, 0) is 30.5 Å². The lowest BCUT2D eigenvalue weighted by Crippen LogP contribution is -2.42. The van der Waals surface area contributed by atoms with Crippen molar-refractivity contribution in [2.45, 2.75) is 25.3 Å². The average molecular weight is 230 g/mol. The number of nitrogens with zero attached hydrogens (tertiary/aromatic N) is 1. The van der Waals surface area contributed by atoms with Crippen molar-refractivity contribution in [3.8, 4) is 6.07 Å². The Balaban J connectivity index is 1.95. The van der Waals surface area contributed by atoms with E-state index in [0.29, 0.717) is 6.42 Å². The standard InChI is InChI=1S/C13H14N2O2/c14-8-7-9-1-3-10(4-2-9)15-12-6-5-11(12)13(16)17/h1-4,11-12,15H,5-7H2,(H,16,17). The van der Waals surface area contributed by atoms with Crippen molar-refractivity contribution in [3.05, 3.63) is 29.8 Å². The van der Waals surface area contributed by atoms with E-state index < -0.39 is 5.97 Å². The van der Waals surface area contributed by atoms with Crippen LogP contribution in [0.15, 0.2) is 24.3 Å². The minimum absolute atomic E-state index is 0.0364. The third kappa shape index (κ3) is 2.56. The third-order valence-electron chi connectivity index (χ3n) is 3.18. The van der Waals surface area contributed by atoms with Crippen LogP contribution in [0.4, 0.5) is 5.69 Å². The van der Waals surface area contributed by atoms with Crippen LogP contribution in [0, 0.1) is 17.2 Å². The monoisotopic (exact) mass is 230 g/mol. The summed E-state index contributed by atoms with van der Waals surface area (Å²) in [4.78, 5) is 10.8. The summed E-state index contributed by atoms with van der Waals surface area (Å²) in [6, 6.07) is 9.69. The van der Waals surface area contributed by atoms with Gasteiger partial charge >= 0.3 is 5.97 Å². The van der Waals surface area contributed by atoms with E-state index >= 15 is 0 Å².